The van der Waals surface area contributed by atoms with Crippen LogP contribution in [0.1, 0.15) is 46.9 Å². The second-order valence-corrected chi connectivity index (χ2v) is 8.72. The van der Waals surface area contributed by atoms with Gasteiger partial charge < -0.3 is 15.0 Å². The zero-order chi connectivity index (χ0) is 23.5. The zero-order valence-electron chi connectivity index (χ0n) is 19.1. The lowest BCUT2D eigenvalue weighted by molar-refractivity contribution is -0.136. The molecule has 6 heteroatoms. The van der Waals surface area contributed by atoms with E-state index in [0.717, 1.165) is 21.9 Å². The molecule has 0 radical (unpaired) electrons. The fourth-order valence-electron chi connectivity index (χ4n) is 4.19. The van der Waals surface area contributed by atoms with Gasteiger partial charge in [0.05, 0.1) is 6.42 Å². The molecule has 0 aliphatic heterocycles. The molecular formula is C27H27BN2O3. The number of aliphatic carboxylic acids is 1. The molecule has 1 amide bonds. The van der Waals surface area contributed by atoms with Gasteiger partial charge in [-0.15, -0.1) is 0 Å². The summed E-state index contributed by atoms with van der Waals surface area (Å²) in [5.41, 5.74) is 5.75. The lowest BCUT2D eigenvalue weighted by atomic mass is 9.93. The highest BCUT2D eigenvalue weighted by atomic mass is 16.4. The van der Waals surface area contributed by atoms with Crippen LogP contribution in [0.5, 0.6) is 0 Å². The Labute approximate surface area is 194 Å². The van der Waals surface area contributed by atoms with Crippen molar-refractivity contribution in [1.29, 1.82) is 0 Å². The third kappa shape index (κ3) is 4.85. The Morgan fingerprint density at radius 1 is 1.00 bits per heavy atom. The van der Waals surface area contributed by atoms with E-state index in [2.05, 4.69) is 43.4 Å². The van der Waals surface area contributed by atoms with Crippen molar-refractivity contribution in [1.82, 2.24) is 4.57 Å². The molecule has 0 saturated carbocycles. The lowest BCUT2D eigenvalue weighted by Crippen LogP contribution is -2.20. The van der Waals surface area contributed by atoms with Crippen LogP contribution in [-0.4, -0.2) is 29.4 Å². The van der Waals surface area contributed by atoms with E-state index in [1.807, 2.05) is 60.9 Å². The summed E-state index contributed by atoms with van der Waals surface area (Å²) in [6.45, 7) is 4.77. The first-order valence-electron chi connectivity index (χ1n) is 11.1. The average Bonchev–Trinajstić information content (AvgIpc) is 3.06. The summed E-state index contributed by atoms with van der Waals surface area (Å²) in [6.07, 6.45) is -0.225. The Balaban J connectivity index is 1.86. The fourth-order valence-corrected chi connectivity index (χ4v) is 4.19. The summed E-state index contributed by atoms with van der Waals surface area (Å²) in [7, 11) is 1.97. The van der Waals surface area contributed by atoms with Gasteiger partial charge in [0.15, 0.2) is 0 Å². The number of carboxylic acids is 1. The summed E-state index contributed by atoms with van der Waals surface area (Å²) in [5, 5.41) is 13.4. The van der Waals surface area contributed by atoms with Crippen molar-refractivity contribution in [3.8, 4) is 0 Å². The minimum atomic E-state index is -0.967. The van der Waals surface area contributed by atoms with Gasteiger partial charge in [-0.25, -0.2) is 0 Å². The van der Waals surface area contributed by atoms with Crippen molar-refractivity contribution >= 4 is 41.8 Å². The number of nitrogens with zero attached hydrogens (tertiary/aromatic N) is 1. The molecule has 4 aromatic rings. The summed E-state index contributed by atoms with van der Waals surface area (Å²) >= 11 is 0. The molecule has 0 bridgehead atoms. The number of amides is 1. The van der Waals surface area contributed by atoms with Crippen molar-refractivity contribution in [2.45, 2.75) is 32.7 Å². The number of fused-ring (bicyclic) bond motifs is 1. The normalized spacial score (nSPS) is 11.1. The van der Waals surface area contributed by atoms with E-state index in [0.29, 0.717) is 29.4 Å². The summed E-state index contributed by atoms with van der Waals surface area (Å²) in [6, 6.07) is 23.5. The first-order chi connectivity index (χ1) is 15.8. The number of rotatable bonds is 7. The Kier molecular flexibility index (Phi) is 6.36. The second kappa shape index (κ2) is 9.37. The smallest absolute Gasteiger partial charge is 0.307 e. The van der Waals surface area contributed by atoms with E-state index in [4.69, 9.17) is 0 Å². The zero-order valence-corrected chi connectivity index (χ0v) is 19.1. The van der Waals surface area contributed by atoms with Crippen LogP contribution in [0.4, 0.5) is 5.69 Å². The SMILES string of the molecule is Bc1ccc2c(c1)c(CC(=O)O)c(C(=O)Nc1ccccc1)n2Cc1ccc(C(C)C)cc1. The summed E-state index contributed by atoms with van der Waals surface area (Å²) < 4.78 is 1.94. The van der Waals surface area contributed by atoms with Crippen molar-refractivity contribution in [3.63, 3.8) is 0 Å². The summed E-state index contributed by atoms with van der Waals surface area (Å²) in [5.74, 6) is -0.848. The third-order valence-corrected chi connectivity index (χ3v) is 5.89. The number of anilines is 1. The first-order valence-corrected chi connectivity index (χ1v) is 11.1. The largest absolute Gasteiger partial charge is 0.481 e. The van der Waals surface area contributed by atoms with Crippen molar-refractivity contribution < 1.29 is 14.7 Å². The van der Waals surface area contributed by atoms with Crippen LogP contribution in [0.15, 0.2) is 72.8 Å². The van der Waals surface area contributed by atoms with E-state index < -0.39 is 5.97 Å². The van der Waals surface area contributed by atoms with Crippen molar-refractivity contribution in [2.24, 2.45) is 0 Å². The second-order valence-electron chi connectivity index (χ2n) is 8.72. The minimum Gasteiger partial charge on any atom is -0.481 e. The number of hydrogen-bond donors (Lipinski definition) is 2. The highest BCUT2D eigenvalue weighted by molar-refractivity contribution is 6.33. The molecule has 2 N–H and O–H groups in total. The molecular weight excluding hydrogens is 411 g/mol. The highest BCUT2D eigenvalue weighted by Gasteiger charge is 2.25. The number of para-hydroxylation sites is 1. The first kappa shape index (κ1) is 22.4. The molecule has 5 nitrogen and oxygen atoms in total. The molecule has 1 aromatic heterocycles. The van der Waals surface area contributed by atoms with Gasteiger partial charge in [0.1, 0.15) is 13.5 Å². The quantitative estimate of drug-likeness (QED) is 0.430. The van der Waals surface area contributed by atoms with Crippen molar-refractivity contribution in [3.05, 3.63) is 95.2 Å². The third-order valence-electron chi connectivity index (χ3n) is 5.89. The molecule has 0 aliphatic carbocycles. The Bertz CT molecular complexity index is 1310. The van der Waals surface area contributed by atoms with Crippen LogP contribution in [0, 0.1) is 0 Å². The lowest BCUT2D eigenvalue weighted by Gasteiger charge is -2.14. The predicted octanol–water partition coefficient (Wildman–Crippen LogP) is 3.95. The number of aromatic nitrogens is 1. The van der Waals surface area contributed by atoms with Crippen LogP contribution < -0.4 is 10.8 Å². The maximum atomic E-state index is 13.5. The van der Waals surface area contributed by atoms with Gasteiger partial charge in [0.25, 0.3) is 5.91 Å². The highest BCUT2D eigenvalue weighted by Crippen LogP contribution is 2.29. The average molecular weight is 438 g/mol. The van der Waals surface area contributed by atoms with Crippen LogP contribution in [0.2, 0.25) is 0 Å². The van der Waals surface area contributed by atoms with Crippen LogP contribution in [0.25, 0.3) is 10.9 Å². The van der Waals surface area contributed by atoms with Gasteiger partial charge >= 0.3 is 5.97 Å². The Hall–Kier alpha value is -3.80. The molecule has 0 spiro atoms. The molecule has 4 rings (SSSR count). The topological polar surface area (TPSA) is 71.3 Å². The molecule has 0 aliphatic rings. The van der Waals surface area contributed by atoms with Gasteiger partial charge in [-0.2, -0.15) is 0 Å². The van der Waals surface area contributed by atoms with E-state index in [-0.39, 0.29) is 12.3 Å². The Morgan fingerprint density at radius 3 is 2.33 bits per heavy atom. The standard InChI is InChI=1S/C27H27BN2O3/c1-17(2)19-10-8-18(9-11-19)16-30-24-13-12-20(28)14-22(24)23(15-25(31)32)26(30)27(33)29-21-6-4-3-5-7-21/h3-14,17H,15-16,28H2,1-2H3,(H,29,33)(H,31,32). The van der Waals surface area contributed by atoms with Crippen LogP contribution in [-0.2, 0) is 17.8 Å². The van der Waals surface area contributed by atoms with E-state index in [1.165, 1.54) is 5.56 Å². The molecule has 3 aromatic carbocycles. The maximum absolute atomic E-state index is 13.5. The Morgan fingerprint density at radius 2 is 1.70 bits per heavy atom. The van der Waals surface area contributed by atoms with Crippen LogP contribution >= 0.6 is 0 Å². The summed E-state index contributed by atoms with van der Waals surface area (Å²) in [4.78, 5) is 25.3. The number of carboxylic acid groups (broad SMARTS) is 1. The monoisotopic (exact) mass is 438 g/mol. The number of benzene rings is 3. The minimum absolute atomic E-state index is 0.225. The van der Waals surface area contributed by atoms with E-state index in [1.54, 1.807) is 0 Å². The van der Waals surface area contributed by atoms with Gasteiger partial charge in [0.2, 0.25) is 0 Å². The van der Waals surface area contributed by atoms with E-state index in [9.17, 15) is 14.7 Å². The van der Waals surface area contributed by atoms with Gasteiger partial charge in [-0.3, -0.25) is 9.59 Å². The molecule has 0 fully saturated rings. The number of nitrogens with one attached hydrogen (secondary N) is 1. The predicted molar refractivity (Wildman–Crippen MR) is 135 cm³/mol. The molecule has 33 heavy (non-hydrogen) atoms. The molecule has 0 unspecified atom stereocenters. The molecule has 0 atom stereocenters. The molecule has 166 valence electrons. The number of hydrogen-bond acceptors (Lipinski definition) is 2. The fraction of sp³-hybridized carbons (Fsp3) is 0.185. The van der Waals surface area contributed by atoms with Gasteiger partial charge in [0, 0.05) is 28.7 Å². The molecule has 1 heterocycles. The number of carbonyl (C=O) groups is 2. The number of carbonyl (C=O) groups excluding carboxylic acids is 1. The van der Waals surface area contributed by atoms with Crippen molar-refractivity contribution in [2.75, 3.05) is 5.32 Å². The van der Waals surface area contributed by atoms with Gasteiger partial charge in [-0.1, -0.05) is 73.9 Å². The van der Waals surface area contributed by atoms with Crippen LogP contribution in [0.3, 0.4) is 0 Å². The molecule has 0 saturated heterocycles. The maximum Gasteiger partial charge on any atom is 0.307 e. The van der Waals surface area contributed by atoms with Gasteiger partial charge in [-0.05, 0) is 35.2 Å². The van der Waals surface area contributed by atoms with E-state index >= 15 is 0 Å².